The minimum absolute atomic E-state index is 0.265. The van der Waals surface area contributed by atoms with Crippen molar-refractivity contribution in [3.05, 3.63) is 52.3 Å². The van der Waals surface area contributed by atoms with Gasteiger partial charge in [-0.3, -0.25) is 4.79 Å². The summed E-state index contributed by atoms with van der Waals surface area (Å²) in [5.74, 6) is 0.238. The Kier molecular flexibility index (Phi) is 4.33. The van der Waals surface area contributed by atoms with Crippen LogP contribution >= 0.6 is 15.9 Å². The van der Waals surface area contributed by atoms with Crippen molar-refractivity contribution in [2.24, 2.45) is 0 Å². The summed E-state index contributed by atoms with van der Waals surface area (Å²) in [5.41, 5.74) is 1.18. The van der Waals surface area contributed by atoms with E-state index in [1.807, 2.05) is 12.1 Å². The summed E-state index contributed by atoms with van der Waals surface area (Å²) in [6, 6.07) is 10.2. The smallest absolute Gasteiger partial charge is 0.257 e. The second-order valence-electron chi connectivity index (χ2n) is 3.84. The molecule has 2 aromatic rings. The molecular formula is C14H10BrN3O2. The molecule has 1 amide bonds. The van der Waals surface area contributed by atoms with Crippen molar-refractivity contribution in [1.29, 1.82) is 5.26 Å². The Morgan fingerprint density at radius 2 is 2.20 bits per heavy atom. The van der Waals surface area contributed by atoms with E-state index in [1.165, 1.54) is 19.4 Å². The number of rotatable bonds is 3. The number of methoxy groups -OCH3 is 1. The van der Waals surface area contributed by atoms with E-state index in [1.54, 1.807) is 18.2 Å². The first-order chi connectivity index (χ1) is 9.63. The number of aromatic nitrogens is 1. The van der Waals surface area contributed by atoms with Gasteiger partial charge in [0.15, 0.2) is 0 Å². The van der Waals surface area contributed by atoms with Gasteiger partial charge in [-0.05, 0) is 30.3 Å². The summed E-state index contributed by atoms with van der Waals surface area (Å²) in [4.78, 5) is 15.9. The molecule has 100 valence electrons. The normalized spacial score (nSPS) is 9.65. The fourth-order valence-corrected chi connectivity index (χ4v) is 1.93. The van der Waals surface area contributed by atoms with E-state index in [-0.39, 0.29) is 11.6 Å². The number of carbonyl (C=O) groups excluding carboxylic acids is 1. The highest BCUT2D eigenvalue weighted by atomic mass is 79.9. The van der Waals surface area contributed by atoms with Gasteiger partial charge in [0, 0.05) is 10.7 Å². The number of anilines is 1. The molecule has 20 heavy (non-hydrogen) atoms. The molecule has 0 atom stereocenters. The summed E-state index contributed by atoms with van der Waals surface area (Å²) in [7, 11) is 1.53. The summed E-state index contributed by atoms with van der Waals surface area (Å²) in [5, 5.41) is 11.4. The molecule has 0 saturated carbocycles. The van der Waals surface area contributed by atoms with Crippen LogP contribution in [-0.4, -0.2) is 18.0 Å². The first-order valence-electron chi connectivity index (χ1n) is 5.65. The molecule has 0 fully saturated rings. The Morgan fingerprint density at radius 3 is 2.80 bits per heavy atom. The molecule has 0 aliphatic rings. The number of carbonyl (C=O) groups is 1. The van der Waals surface area contributed by atoms with Crippen molar-refractivity contribution in [3.63, 3.8) is 0 Å². The zero-order valence-electron chi connectivity index (χ0n) is 10.6. The second kappa shape index (κ2) is 6.17. The highest BCUT2D eigenvalue weighted by Crippen LogP contribution is 2.28. The number of pyridine rings is 1. The molecule has 0 unspecified atom stereocenters. The maximum Gasteiger partial charge on any atom is 0.257 e. The summed E-state index contributed by atoms with van der Waals surface area (Å²) >= 11 is 3.34. The third-order valence-electron chi connectivity index (χ3n) is 2.55. The fraction of sp³-hybridized carbons (Fsp3) is 0.0714. The molecule has 0 radical (unpaired) electrons. The van der Waals surface area contributed by atoms with Crippen LogP contribution in [0.15, 0.2) is 41.0 Å². The molecule has 1 aromatic heterocycles. The van der Waals surface area contributed by atoms with Gasteiger partial charge in [0.25, 0.3) is 5.91 Å². The maximum absolute atomic E-state index is 12.1. The molecule has 2 rings (SSSR count). The van der Waals surface area contributed by atoms with Crippen molar-refractivity contribution < 1.29 is 9.53 Å². The predicted octanol–water partition coefficient (Wildman–Crippen LogP) is 2.98. The minimum Gasteiger partial charge on any atom is -0.495 e. The van der Waals surface area contributed by atoms with Crippen LogP contribution in [0.4, 0.5) is 5.69 Å². The lowest BCUT2D eigenvalue weighted by Crippen LogP contribution is -2.13. The van der Waals surface area contributed by atoms with Crippen LogP contribution in [0.25, 0.3) is 0 Å². The Hall–Kier alpha value is -2.39. The van der Waals surface area contributed by atoms with Gasteiger partial charge in [-0.15, -0.1) is 0 Å². The number of benzene rings is 1. The number of nitriles is 1. The fourth-order valence-electron chi connectivity index (χ4n) is 1.57. The molecule has 1 heterocycles. The molecule has 1 aromatic carbocycles. The zero-order chi connectivity index (χ0) is 14.5. The van der Waals surface area contributed by atoms with Gasteiger partial charge in [0.2, 0.25) is 0 Å². The molecule has 6 heteroatoms. The SMILES string of the molecule is COc1ccc(Br)cc1NC(=O)c1ccc(C#N)nc1. The van der Waals surface area contributed by atoms with Crippen molar-refractivity contribution in [2.75, 3.05) is 12.4 Å². The summed E-state index contributed by atoms with van der Waals surface area (Å²) in [6.45, 7) is 0. The van der Waals surface area contributed by atoms with E-state index in [2.05, 4.69) is 26.2 Å². The monoisotopic (exact) mass is 331 g/mol. The van der Waals surface area contributed by atoms with Gasteiger partial charge >= 0.3 is 0 Å². The van der Waals surface area contributed by atoms with E-state index in [9.17, 15) is 4.79 Å². The van der Waals surface area contributed by atoms with Crippen molar-refractivity contribution in [2.45, 2.75) is 0 Å². The van der Waals surface area contributed by atoms with Crippen molar-refractivity contribution in [1.82, 2.24) is 4.98 Å². The van der Waals surface area contributed by atoms with Crippen LogP contribution in [0.3, 0.4) is 0 Å². The molecule has 5 nitrogen and oxygen atoms in total. The number of nitrogens with zero attached hydrogens (tertiary/aromatic N) is 2. The van der Waals surface area contributed by atoms with Crippen LogP contribution in [-0.2, 0) is 0 Å². The first-order valence-corrected chi connectivity index (χ1v) is 6.44. The quantitative estimate of drug-likeness (QED) is 0.938. The lowest BCUT2D eigenvalue weighted by Gasteiger charge is -2.10. The Balaban J connectivity index is 2.23. The average molecular weight is 332 g/mol. The molecule has 0 aliphatic carbocycles. The first kappa shape index (κ1) is 14.0. The summed E-state index contributed by atoms with van der Waals surface area (Å²) < 4.78 is 6.00. The molecule has 0 aliphatic heterocycles. The average Bonchev–Trinajstić information content (AvgIpc) is 2.47. The number of hydrogen-bond donors (Lipinski definition) is 1. The van der Waals surface area contributed by atoms with Gasteiger partial charge < -0.3 is 10.1 Å². The molecule has 0 spiro atoms. The van der Waals surface area contributed by atoms with Crippen LogP contribution in [0, 0.1) is 11.3 Å². The van der Waals surface area contributed by atoms with E-state index in [4.69, 9.17) is 10.00 Å². The van der Waals surface area contributed by atoms with Crippen molar-refractivity contribution >= 4 is 27.5 Å². The summed E-state index contributed by atoms with van der Waals surface area (Å²) in [6.07, 6.45) is 1.36. The number of halogens is 1. The third kappa shape index (κ3) is 3.13. The van der Waals surface area contributed by atoms with Gasteiger partial charge in [-0.1, -0.05) is 15.9 Å². The van der Waals surface area contributed by atoms with Crippen LogP contribution < -0.4 is 10.1 Å². The van der Waals surface area contributed by atoms with Gasteiger partial charge in [-0.25, -0.2) is 4.98 Å². The Labute approximate surface area is 124 Å². The molecule has 1 N–H and O–H groups in total. The second-order valence-corrected chi connectivity index (χ2v) is 4.76. The standard InChI is InChI=1S/C14H10BrN3O2/c1-20-13-5-3-10(15)6-12(13)18-14(19)9-2-4-11(7-16)17-8-9/h2-6,8H,1H3,(H,18,19). The van der Waals surface area contributed by atoms with E-state index in [0.29, 0.717) is 17.0 Å². The van der Waals surface area contributed by atoms with E-state index in [0.717, 1.165) is 4.47 Å². The Morgan fingerprint density at radius 1 is 1.40 bits per heavy atom. The van der Waals surface area contributed by atoms with Gasteiger partial charge in [0.05, 0.1) is 18.4 Å². The molecule has 0 bridgehead atoms. The zero-order valence-corrected chi connectivity index (χ0v) is 12.1. The van der Waals surface area contributed by atoms with E-state index < -0.39 is 0 Å². The highest BCUT2D eigenvalue weighted by molar-refractivity contribution is 9.10. The van der Waals surface area contributed by atoms with Gasteiger partial charge in [0.1, 0.15) is 17.5 Å². The number of nitrogens with one attached hydrogen (secondary N) is 1. The van der Waals surface area contributed by atoms with Crippen LogP contribution in [0.2, 0.25) is 0 Å². The maximum atomic E-state index is 12.1. The third-order valence-corrected chi connectivity index (χ3v) is 3.04. The topological polar surface area (TPSA) is 75.0 Å². The Bertz CT molecular complexity index is 678. The number of hydrogen-bond acceptors (Lipinski definition) is 4. The predicted molar refractivity (Wildman–Crippen MR) is 77.6 cm³/mol. The highest BCUT2D eigenvalue weighted by Gasteiger charge is 2.10. The largest absolute Gasteiger partial charge is 0.495 e. The van der Waals surface area contributed by atoms with Crippen LogP contribution in [0.5, 0.6) is 5.75 Å². The minimum atomic E-state index is -0.321. The lowest BCUT2D eigenvalue weighted by molar-refractivity contribution is 0.102. The molecular weight excluding hydrogens is 322 g/mol. The number of amides is 1. The number of ether oxygens (including phenoxy) is 1. The van der Waals surface area contributed by atoms with Crippen molar-refractivity contribution in [3.8, 4) is 11.8 Å². The van der Waals surface area contributed by atoms with E-state index >= 15 is 0 Å². The lowest BCUT2D eigenvalue weighted by atomic mass is 10.2. The molecule has 0 saturated heterocycles. The van der Waals surface area contributed by atoms with Crippen LogP contribution in [0.1, 0.15) is 16.1 Å². The van der Waals surface area contributed by atoms with Gasteiger partial charge in [-0.2, -0.15) is 5.26 Å².